The van der Waals surface area contributed by atoms with Crippen molar-refractivity contribution in [3.63, 3.8) is 0 Å². The van der Waals surface area contributed by atoms with E-state index in [1.165, 1.54) is 6.07 Å². The van der Waals surface area contributed by atoms with Gasteiger partial charge in [-0.05, 0) is 63.6 Å². The van der Waals surface area contributed by atoms with Crippen molar-refractivity contribution < 1.29 is 23.4 Å². The van der Waals surface area contributed by atoms with Crippen LogP contribution in [0.25, 0.3) is 0 Å². The Kier molecular flexibility index (Phi) is 5.66. The summed E-state index contributed by atoms with van der Waals surface area (Å²) >= 11 is 0. The SMILES string of the molecule is C[C@H]1CN(c2ccc(NC(=O)NC(C)(C)c3ccc4c(c3)OCO4)cc2F)C[C@H](C)O1. The molecule has 8 heteroatoms. The Morgan fingerprint density at radius 3 is 2.48 bits per heavy atom. The van der Waals surface area contributed by atoms with E-state index < -0.39 is 11.6 Å². The molecule has 7 nitrogen and oxygen atoms in total. The van der Waals surface area contributed by atoms with E-state index in [-0.39, 0.29) is 24.8 Å². The molecule has 0 aliphatic carbocycles. The van der Waals surface area contributed by atoms with Gasteiger partial charge in [0.2, 0.25) is 6.79 Å². The van der Waals surface area contributed by atoms with Gasteiger partial charge in [-0.1, -0.05) is 6.07 Å². The quantitative estimate of drug-likeness (QED) is 0.761. The Bertz CT molecular complexity index is 971. The Balaban J connectivity index is 1.42. The van der Waals surface area contributed by atoms with Crippen LogP contribution in [0.15, 0.2) is 36.4 Å². The van der Waals surface area contributed by atoms with Crippen LogP contribution in [0.2, 0.25) is 0 Å². The van der Waals surface area contributed by atoms with E-state index in [0.717, 1.165) is 5.56 Å². The average Bonchev–Trinajstić information content (AvgIpc) is 3.14. The second kappa shape index (κ2) is 8.26. The van der Waals surface area contributed by atoms with Gasteiger partial charge in [0, 0.05) is 18.8 Å². The van der Waals surface area contributed by atoms with E-state index in [1.807, 2.05) is 50.8 Å². The maximum absolute atomic E-state index is 14.8. The number of morpholine rings is 1. The largest absolute Gasteiger partial charge is 0.454 e. The summed E-state index contributed by atoms with van der Waals surface area (Å²) in [5.74, 6) is 0.954. The third kappa shape index (κ3) is 4.69. The zero-order chi connectivity index (χ0) is 22.2. The van der Waals surface area contributed by atoms with Crippen LogP contribution >= 0.6 is 0 Å². The monoisotopic (exact) mass is 429 g/mol. The second-order valence-corrected chi connectivity index (χ2v) is 8.60. The molecule has 2 aromatic rings. The molecule has 2 N–H and O–H groups in total. The lowest BCUT2D eigenvalue weighted by Gasteiger charge is -2.37. The number of benzene rings is 2. The summed E-state index contributed by atoms with van der Waals surface area (Å²) in [7, 11) is 0. The van der Waals surface area contributed by atoms with E-state index in [0.29, 0.717) is 36.0 Å². The fourth-order valence-electron chi connectivity index (χ4n) is 4.02. The molecule has 31 heavy (non-hydrogen) atoms. The number of amides is 2. The lowest BCUT2D eigenvalue weighted by molar-refractivity contribution is -0.00539. The number of fused-ring (bicyclic) bond motifs is 1. The van der Waals surface area contributed by atoms with Gasteiger partial charge in [-0.3, -0.25) is 0 Å². The van der Waals surface area contributed by atoms with Crippen LogP contribution in [0, 0.1) is 5.82 Å². The third-order valence-corrected chi connectivity index (χ3v) is 5.49. The molecule has 1 saturated heterocycles. The van der Waals surface area contributed by atoms with Crippen molar-refractivity contribution in [1.82, 2.24) is 5.32 Å². The van der Waals surface area contributed by atoms with Crippen molar-refractivity contribution in [3.8, 4) is 11.5 Å². The number of anilines is 2. The number of ether oxygens (including phenoxy) is 3. The van der Waals surface area contributed by atoms with Crippen LogP contribution in [0.1, 0.15) is 33.3 Å². The van der Waals surface area contributed by atoms with Crippen LogP contribution in [0.5, 0.6) is 11.5 Å². The second-order valence-electron chi connectivity index (χ2n) is 8.60. The van der Waals surface area contributed by atoms with Crippen LogP contribution in [-0.2, 0) is 10.3 Å². The summed E-state index contributed by atoms with van der Waals surface area (Å²) in [5.41, 5.74) is 1.08. The van der Waals surface area contributed by atoms with Crippen molar-refractivity contribution >= 4 is 17.4 Å². The first-order valence-electron chi connectivity index (χ1n) is 10.4. The highest BCUT2D eigenvalue weighted by Crippen LogP contribution is 2.35. The molecule has 2 aliphatic heterocycles. The maximum atomic E-state index is 14.8. The normalized spacial score (nSPS) is 20.5. The number of rotatable bonds is 4. The minimum Gasteiger partial charge on any atom is -0.454 e. The van der Waals surface area contributed by atoms with Crippen LogP contribution in [0.4, 0.5) is 20.6 Å². The number of hydrogen-bond donors (Lipinski definition) is 2. The number of carbonyl (C=O) groups is 1. The molecule has 2 aliphatic rings. The molecule has 0 aromatic heterocycles. The molecule has 0 saturated carbocycles. The van der Waals surface area contributed by atoms with E-state index in [9.17, 15) is 9.18 Å². The molecule has 2 aromatic carbocycles. The number of hydrogen-bond acceptors (Lipinski definition) is 5. The van der Waals surface area contributed by atoms with Gasteiger partial charge in [-0.2, -0.15) is 0 Å². The Morgan fingerprint density at radius 2 is 1.77 bits per heavy atom. The maximum Gasteiger partial charge on any atom is 0.319 e. The van der Waals surface area contributed by atoms with Gasteiger partial charge in [0.1, 0.15) is 5.82 Å². The highest BCUT2D eigenvalue weighted by Gasteiger charge is 2.27. The van der Waals surface area contributed by atoms with Crippen molar-refractivity contribution in [2.75, 3.05) is 30.1 Å². The number of halogens is 1. The van der Waals surface area contributed by atoms with Crippen molar-refractivity contribution in [2.24, 2.45) is 0 Å². The molecular formula is C23H28FN3O4. The summed E-state index contributed by atoms with van der Waals surface area (Å²) in [6, 6.07) is 9.86. The highest BCUT2D eigenvalue weighted by molar-refractivity contribution is 5.90. The molecule has 1 fully saturated rings. The van der Waals surface area contributed by atoms with Gasteiger partial charge in [-0.15, -0.1) is 0 Å². The number of nitrogens with zero attached hydrogens (tertiary/aromatic N) is 1. The van der Waals surface area contributed by atoms with Gasteiger partial charge in [0.25, 0.3) is 0 Å². The zero-order valence-electron chi connectivity index (χ0n) is 18.2. The fourth-order valence-corrected chi connectivity index (χ4v) is 4.02. The average molecular weight is 429 g/mol. The van der Waals surface area contributed by atoms with Crippen LogP contribution in [-0.4, -0.2) is 38.1 Å². The minimum absolute atomic E-state index is 0.0325. The first-order valence-corrected chi connectivity index (χ1v) is 10.4. The molecular weight excluding hydrogens is 401 g/mol. The summed E-state index contributed by atoms with van der Waals surface area (Å²) < 4.78 is 31.3. The zero-order valence-corrected chi connectivity index (χ0v) is 18.2. The molecule has 0 bridgehead atoms. The molecule has 0 radical (unpaired) electrons. The van der Waals surface area contributed by atoms with E-state index in [2.05, 4.69) is 10.6 Å². The smallest absolute Gasteiger partial charge is 0.319 e. The molecule has 0 unspecified atom stereocenters. The summed E-state index contributed by atoms with van der Waals surface area (Å²) in [5, 5.41) is 5.64. The molecule has 4 rings (SSSR count). The Labute approximate surface area is 181 Å². The number of nitrogens with one attached hydrogen (secondary N) is 2. The van der Waals surface area contributed by atoms with Gasteiger partial charge < -0.3 is 29.7 Å². The Morgan fingerprint density at radius 1 is 1.06 bits per heavy atom. The predicted molar refractivity (Wildman–Crippen MR) is 116 cm³/mol. The lowest BCUT2D eigenvalue weighted by Crippen LogP contribution is -2.45. The third-order valence-electron chi connectivity index (χ3n) is 5.49. The van der Waals surface area contributed by atoms with Gasteiger partial charge in [0.05, 0.1) is 23.4 Å². The van der Waals surface area contributed by atoms with E-state index >= 15 is 0 Å². The first-order chi connectivity index (χ1) is 14.7. The van der Waals surface area contributed by atoms with Crippen LogP contribution in [0.3, 0.4) is 0 Å². The van der Waals surface area contributed by atoms with Crippen molar-refractivity contribution in [1.29, 1.82) is 0 Å². The van der Waals surface area contributed by atoms with Gasteiger partial charge in [-0.25, -0.2) is 9.18 Å². The topological polar surface area (TPSA) is 72.1 Å². The minimum atomic E-state index is -0.677. The lowest BCUT2D eigenvalue weighted by atomic mass is 9.94. The van der Waals surface area contributed by atoms with Crippen molar-refractivity contribution in [3.05, 3.63) is 47.8 Å². The van der Waals surface area contributed by atoms with E-state index in [4.69, 9.17) is 14.2 Å². The molecule has 2 heterocycles. The Hall–Kier alpha value is -3.00. The number of carbonyl (C=O) groups excluding carboxylic acids is 1. The number of urea groups is 1. The predicted octanol–water partition coefficient (Wildman–Crippen LogP) is 4.22. The fraction of sp³-hybridized carbons (Fsp3) is 0.435. The van der Waals surface area contributed by atoms with Crippen LogP contribution < -0.4 is 25.0 Å². The summed E-state index contributed by atoms with van der Waals surface area (Å²) in [4.78, 5) is 14.6. The first kappa shape index (κ1) is 21.2. The summed E-state index contributed by atoms with van der Waals surface area (Å²) in [6.45, 7) is 9.15. The highest BCUT2D eigenvalue weighted by atomic mass is 19.1. The molecule has 0 spiro atoms. The summed E-state index contributed by atoms with van der Waals surface area (Å²) in [6.07, 6.45) is 0.0651. The molecule has 166 valence electrons. The van der Waals surface area contributed by atoms with Gasteiger partial charge >= 0.3 is 6.03 Å². The van der Waals surface area contributed by atoms with E-state index in [1.54, 1.807) is 12.1 Å². The molecule has 2 amide bonds. The standard InChI is InChI=1S/C23H28FN3O4/c1-14-11-27(12-15(2)31-14)19-7-6-17(10-18(19)24)25-22(28)26-23(3,4)16-5-8-20-21(9-16)30-13-29-20/h5-10,14-15H,11-13H2,1-4H3,(H2,25,26,28)/t14-,15-/m0/s1. The van der Waals surface area contributed by atoms with Crippen molar-refractivity contribution in [2.45, 2.75) is 45.4 Å². The molecule has 2 atom stereocenters. The van der Waals surface area contributed by atoms with Gasteiger partial charge in [0.15, 0.2) is 11.5 Å².